The van der Waals surface area contributed by atoms with Gasteiger partial charge in [-0.05, 0) is 51.1 Å². The van der Waals surface area contributed by atoms with Crippen LogP contribution in [0.25, 0.3) is 10.8 Å². The fraction of sp³-hybridized carbons (Fsp3) is 0.478. The van der Waals surface area contributed by atoms with E-state index in [1.54, 1.807) is 45.3 Å². The molecule has 1 fully saturated rings. The number of aryl methyl sites for hydroxylation is 1. The van der Waals surface area contributed by atoms with E-state index >= 15 is 0 Å². The summed E-state index contributed by atoms with van der Waals surface area (Å²) in [4.78, 5) is 37.1. The van der Waals surface area contributed by atoms with Crippen LogP contribution in [-0.4, -0.2) is 78.2 Å². The fourth-order valence-corrected chi connectivity index (χ4v) is 5.18. The highest BCUT2D eigenvalue weighted by Gasteiger charge is 2.38. The molecule has 0 radical (unpaired) electrons. The van der Waals surface area contributed by atoms with E-state index in [1.807, 2.05) is 13.0 Å². The van der Waals surface area contributed by atoms with E-state index in [1.165, 1.54) is 4.31 Å². The molecule has 0 unspecified atom stereocenters. The van der Waals surface area contributed by atoms with E-state index in [4.69, 9.17) is 14.6 Å². The average Bonchev–Trinajstić information content (AvgIpc) is 3.25. The summed E-state index contributed by atoms with van der Waals surface area (Å²) in [6, 6.07) is 4.84. The summed E-state index contributed by atoms with van der Waals surface area (Å²) in [6.07, 6.45) is -2.02. The minimum Gasteiger partial charge on any atom is -0.475 e. The van der Waals surface area contributed by atoms with Crippen molar-refractivity contribution in [1.29, 1.82) is 0 Å². The Bertz CT molecular complexity index is 1290. The first-order valence-electron chi connectivity index (χ1n) is 11.3. The lowest BCUT2D eigenvalue weighted by atomic mass is 10.1. The van der Waals surface area contributed by atoms with Gasteiger partial charge in [0.15, 0.2) is 0 Å². The van der Waals surface area contributed by atoms with Gasteiger partial charge >= 0.3 is 18.2 Å². The maximum Gasteiger partial charge on any atom is 0.490 e. The number of ether oxygens (including phenoxy) is 1. The molecule has 1 saturated heterocycles. The lowest BCUT2D eigenvalue weighted by Gasteiger charge is -2.20. The van der Waals surface area contributed by atoms with Crippen molar-refractivity contribution in [2.75, 3.05) is 19.6 Å². The number of fused-ring (bicyclic) bond motifs is 1. The first-order valence-corrected chi connectivity index (χ1v) is 12.8. The van der Waals surface area contributed by atoms with Crippen LogP contribution in [-0.2, 0) is 24.3 Å². The summed E-state index contributed by atoms with van der Waals surface area (Å²) in [7, 11) is -3.74. The van der Waals surface area contributed by atoms with E-state index < -0.39 is 39.8 Å². The van der Waals surface area contributed by atoms with Gasteiger partial charge in [0, 0.05) is 36.9 Å². The topological polar surface area (TPSA) is 155 Å². The summed E-state index contributed by atoms with van der Waals surface area (Å²) in [6.45, 7) is 7.29. The second-order valence-corrected chi connectivity index (χ2v) is 11.3. The van der Waals surface area contributed by atoms with Crippen molar-refractivity contribution in [3.8, 4) is 0 Å². The number of benzene rings is 1. The molecule has 0 saturated carbocycles. The van der Waals surface area contributed by atoms with E-state index in [-0.39, 0.29) is 24.0 Å². The van der Waals surface area contributed by atoms with Gasteiger partial charge in [-0.25, -0.2) is 18.0 Å². The van der Waals surface area contributed by atoms with Crippen molar-refractivity contribution in [2.24, 2.45) is 0 Å². The third kappa shape index (κ3) is 8.55. The monoisotopic (exact) mass is 562 g/mol. The van der Waals surface area contributed by atoms with E-state index in [0.29, 0.717) is 18.4 Å². The Kier molecular flexibility index (Phi) is 9.66. The number of hydrogen-bond acceptors (Lipinski definition) is 7. The number of nitrogens with one attached hydrogen (secondary N) is 2. The van der Waals surface area contributed by atoms with Crippen LogP contribution in [0.1, 0.15) is 32.8 Å². The number of alkyl halides is 3. The van der Waals surface area contributed by atoms with Gasteiger partial charge in [-0.1, -0.05) is 12.1 Å². The van der Waals surface area contributed by atoms with Gasteiger partial charge in [0.2, 0.25) is 15.9 Å². The smallest absolute Gasteiger partial charge is 0.475 e. The molecule has 3 rings (SSSR count). The zero-order chi connectivity index (χ0) is 28.9. The van der Waals surface area contributed by atoms with Gasteiger partial charge in [0.1, 0.15) is 12.1 Å². The highest BCUT2D eigenvalue weighted by molar-refractivity contribution is 7.89. The molecule has 1 aromatic carbocycles. The number of pyridine rings is 1. The lowest BCUT2D eigenvalue weighted by Crippen LogP contribution is -2.44. The summed E-state index contributed by atoms with van der Waals surface area (Å²) in [5.74, 6) is -3.16. The van der Waals surface area contributed by atoms with Crippen LogP contribution in [0.4, 0.5) is 18.0 Å². The van der Waals surface area contributed by atoms with Gasteiger partial charge in [0.25, 0.3) is 0 Å². The van der Waals surface area contributed by atoms with Crippen molar-refractivity contribution < 1.29 is 45.8 Å². The molecular weight excluding hydrogens is 533 g/mol. The van der Waals surface area contributed by atoms with Crippen LogP contribution >= 0.6 is 0 Å². The largest absolute Gasteiger partial charge is 0.490 e. The van der Waals surface area contributed by atoms with E-state index in [2.05, 4.69) is 15.6 Å². The molecule has 1 aliphatic rings. The van der Waals surface area contributed by atoms with Crippen molar-refractivity contribution in [3.63, 3.8) is 0 Å². The summed E-state index contributed by atoms with van der Waals surface area (Å²) < 4.78 is 64.7. The normalized spacial score (nSPS) is 16.3. The molecule has 0 bridgehead atoms. The molecular formula is C23H29F3N4O7S. The van der Waals surface area contributed by atoms with Gasteiger partial charge in [-0.3, -0.25) is 9.78 Å². The number of alkyl carbamates (subject to hydrolysis) is 1. The Hall–Kier alpha value is -3.46. The molecule has 1 atom stereocenters. The van der Waals surface area contributed by atoms with Gasteiger partial charge in [-0.2, -0.15) is 17.5 Å². The second-order valence-electron chi connectivity index (χ2n) is 9.38. The first-order chi connectivity index (χ1) is 17.4. The molecule has 2 amide bonds. The van der Waals surface area contributed by atoms with Crippen LogP contribution in [0, 0.1) is 6.92 Å². The number of carbonyl (C=O) groups excluding carboxylic acids is 2. The van der Waals surface area contributed by atoms with Gasteiger partial charge in [-0.15, -0.1) is 0 Å². The third-order valence-electron chi connectivity index (χ3n) is 5.13. The molecule has 1 aromatic heterocycles. The minimum atomic E-state index is -5.08. The Balaban J connectivity index is 0.000000638. The molecule has 2 heterocycles. The quantitative estimate of drug-likeness (QED) is 0.502. The average molecular weight is 563 g/mol. The summed E-state index contributed by atoms with van der Waals surface area (Å²) in [5.41, 5.74) is 0.245. The van der Waals surface area contributed by atoms with Crippen molar-refractivity contribution in [1.82, 2.24) is 19.9 Å². The summed E-state index contributed by atoms with van der Waals surface area (Å²) >= 11 is 0. The number of rotatable bonds is 5. The second kappa shape index (κ2) is 11.9. The molecule has 1 aliphatic heterocycles. The zero-order valence-corrected chi connectivity index (χ0v) is 21.9. The number of nitrogens with zero attached hydrogens (tertiary/aromatic N) is 2. The number of sulfonamides is 1. The minimum absolute atomic E-state index is 0.163. The number of amides is 2. The predicted octanol–water partition coefficient (Wildman–Crippen LogP) is 2.58. The molecule has 15 heteroatoms. The molecule has 0 spiro atoms. The van der Waals surface area contributed by atoms with Crippen LogP contribution in [0.2, 0.25) is 0 Å². The van der Waals surface area contributed by atoms with Crippen LogP contribution in [0.5, 0.6) is 0 Å². The molecule has 210 valence electrons. The molecule has 3 N–H and O–H groups in total. The number of halogens is 3. The molecule has 38 heavy (non-hydrogen) atoms. The number of hydrogen-bond donors (Lipinski definition) is 3. The highest BCUT2D eigenvalue weighted by Crippen LogP contribution is 2.28. The number of carboxylic acid groups (broad SMARTS) is 1. The van der Waals surface area contributed by atoms with Gasteiger partial charge in [0.05, 0.1) is 4.90 Å². The Labute approximate surface area is 217 Å². The Morgan fingerprint density at radius 1 is 1.16 bits per heavy atom. The predicted molar refractivity (Wildman–Crippen MR) is 130 cm³/mol. The molecule has 11 nitrogen and oxygen atoms in total. The lowest BCUT2D eigenvalue weighted by molar-refractivity contribution is -0.192. The summed E-state index contributed by atoms with van der Waals surface area (Å²) in [5, 5.41) is 13.7. The standard InChI is InChI=1S/C21H28N4O5S.C2HF3O2/c1-14-10-22-11-17-16(14)6-5-7-18(17)31(28,29)25-9-8-15(13-25)24-19(26)12-23-20(27)30-21(2,3)4;3-2(4,5)1(6)7/h5-7,10-11,15H,8-9,12-13H2,1-4H3,(H,23,27)(H,24,26);(H,6,7)/t15-;/m0./s1. The molecule has 2 aromatic rings. The van der Waals surface area contributed by atoms with Crippen LogP contribution in [0.3, 0.4) is 0 Å². The maximum atomic E-state index is 13.3. The Morgan fingerprint density at radius 3 is 2.37 bits per heavy atom. The fourth-order valence-electron chi connectivity index (χ4n) is 3.49. The van der Waals surface area contributed by atoms with Gasteiger partial charge < -0.3 is 20.5 Å². The number of aliphatic carboxylic acids is 1. The molecule has 0 aliphatic carbocycles. The SMILES string of the molecule is Cc1cncc2c(S(=O)(=O)N3CC[C@H](NC(=O)CNC(=O)OC(C)(C)C)C3)cccc12.O=C(O)C(F)(F)F. The third-order valence-corrected chi connectivity index (χ3v) is 7.05. The number of carboxylic acids is 1. The highest BCUT2D eigenvalue weighted by atomic mass is 32.2. The van der Waals surface area contributed by atoms with E-state index in [0.717, 1.165) is 10.9 Å². The Morgan fingerprint density at radius 2 is 1.79 bits per heavy atom. The number of carbonyl (C=O) groups is 3. The van der Waals surface area contributed by atoms with Crippen LogP contribution in [0.15, 0.2) is 35.5 Å². The van der Waals surface area contributed by atoms with E-state index in [9.17, 15) is 31.2 Å². The zero-order valence-electron chi connectivity index (χ0n) is 21.1. The van der Waals surface area contributed by atoms with Crippen molar-refractivity contribution in [2.45, 2.75) is 56.8 Å². The number of aromatic nitrogens is 1. The van der Waals surface area contributed by atoms with Crippen molar-refractivity contribution in [3.05, 3.63) is 36.2 Å². The maximum absolute atomic E-state index is 13.3. The van der Waals surface area contributed by atoms with Crippen molar-refractivity contribution >= 4 is 38.8 Å². The first kappa shape index (κ1) is 30.8. The van der Waals surface area contributed by atoms with Crippen LogP contribution < -0.4 is 10.6 Å².